The van der Waals surface area contributed by atoms with Crippen molar-refractivity contribution < 1.29 is 8.78 Å². The molecule has 0 aliphatic rings. The highest BCUT2D eigenvalue weighted by molar-refractivity contribution is 5.21. The van der Waals surface area contributed by atoms with Crippen LogP contribution in [0.3, 0.4) is 0 Å². The average Bonchev–Trinajstić information content (AvgIpc) is 2.17. The van der Waals surface area contributed by atoms with E-state index in [1.54, 1.807) is 18.9 Å². The summed E-state index contributed by atoms with van der Waals surface area (Å²) in [5.41, 5.74) is 0.397. The molecule has 1 aromatic carbocycles. The molecule has 0 N–H and O–H groups in total. The minimum Gasteiger partial charge on any atom is -0.287 e. The number of rotatable bonds is 3. The molecule has 80 valence electrons. The van der Waals surface area contributed by atoms with Crippen molar-refractivity contribution in [3.05, 3.63) is 35.4 Å². The number of halogens is 2. The molecule has 0 aliphatic carbocycles. The van der Waals surface area contributed by atoms with E-state index in [4.69, 9.17) is 5.26 Å². The van der Waals surface area contributed by atoms with Gasteiger partial charge in [0.1, 0.15) is 11.6 Å². The minimum atomic E-state index is -0.591. The van der Waals surface area contributed by atoms with Crippen LogP contribution in [0, 0.1) is 23.0 Å². The van der Waals surface area contributed by atoms with Crippen molar-refractivity contribution in [3.8, 4) is 6.07 Å². The zero-order valence-electron chi connectivity index (χ0n) is 8.67. The molecule has 4 heteroatoms. The molecule has 0 bridgehead atoms. The monoisotopic (exact) mass is 210 g/mol. The molecule has 0 saturated heterocycles. The van der Waals surface area contributed by atoms with Crippen LogP contribution in [0.25, 0.3) is 0 Å². The topological polar surface area (TPSA) is 27.0 Å². The molecule has 0 unspecified atom stereocenters. The van der Waals surface area contributed by atoms with E-state index in [0.29, 0.717) is 5.56 Å². The van der Waals surface area contributed by atoms with E-state index in [1.807, 2.05) is 6.07 Å². The van der Waals surface area contributed by atoms with Crippen LogP contribution in [0.15, 0.2) is 18.2 Å². The number of nitrogens with zero attached hydrogens (tertiary/aromatic N) is 2. The molecule has 0 amide bonds. The number of nitriles is 1. The fourth-order valence-electron chi connectivity index (χ4n) is 1.33. The predicted molar refractivity (Wildman–Crippen MR) is 53.0 cm³/mol. The van der Waals surface area contributed by atoms with Crippen LogP contribution < -0.4 is 0 Å². The molecule has 0 spiro atoms. The van der Waals surface area contributed by atoms with Crippen LogP contribution in [0.1, 0.15) is 18.5 Å². The van der Waals surface area contributed by atoms with Crippen LogP contribution in [0.5, 0.6) is 0 Å². The van der Waals surface area contributed by atoms with E-state index in [0.717, 1.165) is 6.07 Å². The first-order valence-electron chi connectivity index (χ1n) is 4.58. The number of benzene rings is 1. The largest absolute Gasteiger partial charge is 0.287 e. The van der Waals surface area contributed by atoms with E-state index >= 15 is 0 Å². The molecular formula is C11H12F2N2. The Morgan fingerprint density at radius 1 is 1.47 bits per heavy atom. The standard InChI is InChI=1S/C11H12F2N2/c1-8(15(2)6-5-14)10-4-3-9(12)7-11(10)13/h3-4,7-8H,6H2,1-2H3/t8-/m1/s1. The molecule has 2 nitrogen and oxygen atoms in total. The van der Waals surface area contributed by atoms with Gasteiger partial charge in [0.05, 0.1) is 12.6 Å². The molecule has 1 atom stereocenters. The second-order valence-electron chi connectivity index (χ2n) is 3.42. The maximum atomic E-state index is 13.4. The van der Waals surface area contributed by atoms with Gasteiger partial charge < -0.3 is 0 Å². The summed E-state index contributed by atoms with van der Waals surface area (Å²) in [5.74, 6) is -1.17. The zero-order chi connectivity index (χ0) is 11.4. The third kappa shape index (κ3) is 2.74. The van der Waals surface area contributed by atoms with Gasteiger partial charge in [0, 0.05) is 17.7 Å². The van der Waals surface area contributed by atoms with Gasteiger partial charge in [-0.15, -0.1) is 0 Å². The summed E-state index contributed by atoms with van der Waals surface area (Å²) in [7, 11) is 1.72. The molecule has 15 heavy (non-hydrogen) atoms. The highest BCUT2D eigenvalue weighted by Gasteiger charge is 2.15. The van der Waals surface area contributed by atoms with Crippen molar-refractivity contribution >= 4 is 0 Å². The van der Waals surface area contributed by atoms with Crippen molar-refractivity contribution in [2.24, 2.45) is 0 Å². The Labute approximate surface area is 87.7 Å². The Kier molecular flexibility index (Phi) is 3.75. The number of hydrogen-bond acceptors (Lipinski definition) is 2. The van der Waals surface area contributed by atoms with Gasteiger partial charge in [-0.1, -0.05) is 6.07 Å². The van der Waals surface area contributed by atoms with Gasteiger partial charge in [-0.2, -0.15) is 5.26 Å². The van der Waals surface area contributed by atoms with Crippen molar-refractivity contribution in [2.75, 3.05) is 13.6 Å². The number of hydrogen-bond donors (Lipinski definition) is 0. The fourth-order valence-corrected chi connectivity index (χ4v) is 1.33. The van der Waals surface area contributed by atoms with E-state index in [1.165, 1.54) is 12.1 Å². The lowest BCUT2D eigenvalue weighted by molar-refractivity contribution is 0.286. The lowest BCUT2D eigenvalue weighted by Gasteiger charge is -2.22. The molecular weight excluding hydrogens is 198 g/mol. The highest BCUT2D eigenvalue weighted by atomic mass is 19.1. The predicted octanol–water partition coefficient (Wildman–Crippen LogP) is 2.48. The second kappa shape index (κ2) is 4.85. The normalized spacial score (nSPS) is 12.5. The molecule has 0 radical (unpaired) electrons. The summed E-state index contributed by atoms with van der Waals surface area (Å²) >= 11 is 0. The average molecular weight is 210 g/mol. The van der Waals surface area contributed by atoms with Gasteiger partial charge >= 0.3 is 0 Å². The van der Waals surface area contributed by atoms with Gasteiger partial charge in [-0.25, -0.2) is 8.78 Å². The Hall–Kier alpha value is -1.47. The lowest BCUT2D eigenvalue weighted by Crippen LogP contribution is -2.23. The van der Waals surface area contributed by atoms with Crippen LogP contribution in [-0.4, -0.2) is 18.5 Å². The third-order valence-corrected chi connectivity index (χ3v) is 2.39. The Bertz CT molecular complexity index is 385. The molecule has 0 aliphatic heterocycles. The molecule has 0 heterocycles. The van der Waals surface area contributed by atoms with E-state index in [2.05, 4.69) is 0 Å². The summed E-state index contributed by atoms with van der Waals surface area (Å²) in [5, 5.41) is 8.50. The minimum absolute atomic E-state index is 0.206. The second-order valence-corrected chi connectivity index (χ2v) is 3.42. The van der Waals surface area contributed by atoms with E-state index in [9.17, 15) is 8.78 Å². The van der Waals surface area contributed by atoms with Crippen molar-refractivity contribution in [1.29, 1.82) is 5.26 Å². The van der Waals surface area contributed by atoms with Crippen LogP contribution >= 0.6 is 0 Å². The fraction of sp³-hybridized carbons (Fsp3) is 0.364. The summed E-state index contributed by atoms with van der Waals surface area (Å²) in [6, 6.07) is 5.21. The summed E-state index contributed by atoms with van der Waals surface area (Å²) in [4.78, 5) is 1.69. The first kappa shape index (κ1) is 11.6. The summed E-state index contributed by atoms with van der Waals surface area (Å²) < 4.78 is 26.0. The third-order valence-electron chi connectivity index (χ3n) is 2.39. The van der Waals surface area contributed by atoms with Crippen molar-refractivity contribution in [1.82, 2.24) is 4.90 Å². The van der Waals surface area contributed by atoms with Gasteiger partial charge in [0.25, 0.3) is 0 Å². The first-order chi connectivity index (χ1) is 7.06. The van der Waals surface area contributed by atoms with Crippen molar-refractivity contribution in [2.45, 2.75) is 13.0 Å². The molecule has 1 aromatic rings. The van der Waals surface area contributed by atoms with Gasteiger partial charge in [-0.3, -0.25) is 4.90 Å². The molecule has 1 rings (SSSR count). The Morgan fingerprint density at radius 3 is 2.67 bits per heavy atom. The molecule has 0 saturated carbocycles. The summed E-state index contributed by atoms with van der Waals surface area (Å²) in [6.07, 6.45) is 0. The van der Waals surface area contributed by atoms with Crippen molar-refractivity contribution in [3.63, 3.8) is 0 Å². The zero-order valence-corrected chi connectivity index (χ0v) is 8.67. The van der Waals surface area contributed by atoms with Crippen LogP contribution in [0.4, 0.5) is 8.78 Å². The maximum absolute atomic E-state index is 13.4. The Morgan fingerprint density at radius 2 is 2.13 bits per heavy atom. The SMILES string of the molecule is C[C@H](c1ccc(F)cc1F)N(C)CC#N. The smallest absolute Gasteiger partial charge is 0.130 e. The van der Waals surface area contributed by atoms with Gasteiger partial charge in [0.2, 0.25) is 0 Å². The molecule has 0 aromatic heterocycles. The van der Waals surface area contributed by atoms with E-state index in [-0.39, 0.29) is 12.6 Å². The van der Waals surface area contributed by atoms with E-state index < -0.39 is 11.6 Å². The first-order valence-corrected chi connectivity index (χ1v) is 4.58. The quantitative estimate of drug-likeness (QED) is 0.716. The Balaban J connectivity index is 2.91. The maximum Gasteiger partial charge on any atom is 0.130 e. The summed E-state index contributed by atoms with van der Waals surface area (Å²) in [6.45, 7) is 1.98. The highest BCUT2D eigenvalue weighted by Crippen LogP contribution is 2.21. The molecule has 0 fully saturated rings. The lowest BCUT2D eigenvalue weighted by atomic mass is 10.1. The van der Waals surface area contributed by atoms with Gasteiger partial charge in [0.15, 0.2) is 0 Å². The van der Waals surface area contributed by atoms with Gasteiger partial charge in [-0.05, 0) is 20.0 Å². The van der Waals surface area contributed by atoms with Crippen LogP contribution in [-0.2, 0) is 0 Å². The van der Waals surface area contributed by atoms with Crippen LogP contribution in [0.2, 0.25) is 0 Å².